The Hall–Kier alpha value is -1.35. The summed E-state index contributed by atoms with van der Waals surface area (Å²) in [5.74, 6) is 0.854. The van der Waals surface area contributed by atoms with E-state index < -0.39 is 0 Å². The lowest BCUT2D eigenvalue weighted by molar-refractivity contribution is -0.132. The van der Waals surface area contributed by atoms with Crippen molar-refractivity contribution in [2.75, 3.05) is 0 Å². The molecular formula is C17H26N2O. The van der Waals surface area contributed by atoms with Gasteiger partial charge in [0.15, 0.2) is 0 Å². The summed E-state index contributed by atoms with van der Waals surface area (Å²) in [6.07, 6.45) is 1.95. The molecule has 2 rings (SSSR count). The maximum absolute atomic E-state index is 12.6. The van der Waals surface area contributed by atoms with Crippen LogP contribution in [0.15, 0.2) is 30.3 Å². The zero-order valence-electron chi connectivity index (χ0n) is 13.0. The number of nitrogens with one attached hydrogen (secondary N) is 1. The van der Waals surface area contributed by atoms with Gasteiger partial charge >= 0.3 is 0 Å². The van der Waals surface area contributed by atoms with Crippen LogP contribution < -0.4 is 5.32 Å². The zero-order valence-corrected chi connectivity index (χ0v) is 13.0. The number of amides is 1. The molecule has 1 aromatic rings. The van der Waals surface area contributed by atoms with Crippen molar-refractivity contribution in [3.8, 4) is 0 Å². The smallest absolute Gasteiger partial charge is 0.241 e. The van der Waals surface area contributed by atoms with E-state index in [1.807, 2.05) is 23.1 Å². The van der Waals surface area contributed by atoms with Crippen molar-refractivity contribution in [2.45, 2.75) is 58.8 Å². The summed E-state index contributed by atoms with van der Waals surface area (Å²) in [5.41, 5.74) is 1.21. The first kappa shape index (κ1) is 15.0. The van der Waals surface area contributed by atoms with Crippen LogP contribution in [-0.4, -0.2) is 29.1 Å². The van der Waals surface area contributed by atoms with Gasteiger partial charge in [0, 0.05) is 6.04 Å². The number of hydrogen-bond acceptors (Lipinski definition) is 2. The van der Waals surface area contributed by atoms with Crippen LogP contribution in [0.1, 0.15) is 39.7 Å². The van der Waals surface area contributed by atoms with Gasteiger partial charge in [0.25, 0.3) is 0 Å². The second-order valence-corrected chi connectivity index (χ2v) is 6.31. The van der Waals surface area contributed by atoms with Gasteiger partial charge in [-0.15, -0.1) is 0 Å². The number of carbonyl (C=O) groups is 1. The summed E-state index contributed by atoms with van der Waals surface area (Å²) < 4.78 is 0. The first-order chi connectivity index (χ1) is 9.49. The van der Waals surface area contributed by atoms with Crippen LogP contribution in [-0.2, 0) is 11.2 Å². The van der Waals surface area contributed by atoms with E-state index in [4.69, 9.17) is 0 Å². The molecule has 3 atom stereocenters. The molecule has 1 fully saturated rings. The molecule has 1 heterocycles. The van der Waals surface area contributed by atoms with E-state index in [1.54, 1.807) is 0 Å². The molecule has 20 heavy (non-hydrogen) atoms. The highest BCUT2D eigenvalue weighted by atomic mass is 16.2. The molecule has 3 unspecified atom stereocenters. The molecule has 3 nitrogen and oxygen atoms in total. The quantitative estimate of drug-likeness (QED) is 0.895. The topological polar surface area (TPSA) is 32.3 Å². The second-order valence-electron chi connectivity index (χ2n) is 6.31. The highest BCUT2D eigenvalue weighted by Crippen LogP contribution is 2.21. The van der Waals surface area contributed by atoms with E-state index in [-0.39, 0.29) is 18.1 Å². The normalized spacial score (nSPS) is 24.4. The summed E-state index contributed by atoms with van der Waals surface area (Å²) in [7, 11) is 0. The van der Waals surface area contributed by atoms with Crippen LogP contribution in [0.25, 0.3) is 0 Å². The number of carbonyl (C=O) groups excluding carboxylic acids is 1. The Morgan fingerprint density at radius 3 is 2.45 bits per heavy atom. The molecule has 1 saturated heterocycles. The van der Waals surface area contributed by atoms with E-state index in [1.165, 1.54) is 5.56 Å². The predicted octanol–water partition coefficient (Wildman–Crippen LogP) is 2.81. The van der Waals surface area contributed by atoms with E-state index in [9.17, 15) is 4.79 Å². The minimum Gasteiger partial charge on any atom is -0.323 e. The molecular weight excluding hydrogens is 248 g/mol. The van der Waals surface area contributed by atoms with Gasteiger partial charge in [-0.2, -0.15) is 0 Å². The Balaban J connectivity index is 2.03. The average Bonchev–Trinajstić information content (AvgIpc) is 2.65. The third-order valence-corrected chi connectivity index (χ3v) is 3.98. The Morgan fingerprint density at radius 1 is 1.20 bits per heavy atom. The van der Waals surface area contributed by atoms with Crippen molar-refractivity contribution < 1.29 is 4.79 Å². The maximum Gasteiger partial charge on any atom is 0.241 e. The lowest BCUT2D eigenvalue weighted by atomic mass is 10.0. The van der Waals surface area contributed by atoms with E-state index >= 15 is 0 Å². The first-order valence-electron chi connectivity index (χ1n) is 7.61. The summed E-state index contributed by atoms with van der Waals surface area (Å²) >= 11 is 0. The van der Waals surface area contributed by atoms with Crippen LogP contribution in [0.3, 0.4) is 0 Å². The average molecular weight is 274 g/mol. The molecule has 0 saturated carbocycles. The van der Waals surface area contributed by atoms with Crippen LogP contribution in [0.5, 0.6) is 0 Å². The molecule has 0 aliphatic carbocycles. The van der Waals surface area contributed by atoms with Crippen molar-refractivity contribution in [1.29, 1.82) is 0 Å². The minimum absolute atomic E-state index is 0.0815. The van der Waals surface area contributed by atoms with Gasteiger partial charge in [-0.3, -0.25) is 10.1 Å². The van der Waals surface area contributed by atoms with Gasteiger partial charge in [-0.25, -0.2) is 0 Å². The van der Waals surface area contributed by atoms with Crippen molar-refractivity contribution in [3.05, 3.63) is 35.9 Å². The van der Waals surface area contributed by atoms with E-state index in [0.29, 0.717) is 12.0 Å². The Morgan fingerprint density at radius 2 is 1.85 bits per heavy atom. The van der Waals surface area contributed by atoms with Gasteiger partial charge in [0.05, 0.1) is 12.2 Å². The van der Waals surface area contributed by atoms with Crippen LogP contribution >= 0.6 is 0 Å². The molecule has 1 aliphatic rings. The van der Waals surface area contributed by atoms with Crippen molar-refractivity contribution in [2.24, 2.45) is 5.92 Å². The highest BCUT2D eigenvalue weighted by molar-refractivity contribution is 5.84. The molecule has 1 N–H and O–H groups in total. The van der Waals surface area contributed by atoms with E-state index in [0.717, 1.165) is 12.8 Å². The highest BCUT2D eigenvalue weighted by Gasteiger charge is 2.38. The van der Waals surface area contributed by atoms with Gasteiger partial charge in [0.2, 0.25) is 5.91 Å². The predicted molar refractivity (Wildman–Crippen MR) is 82.3 cm³/mol. The molecule has 3 heteroatoms. The Kier molecular flexibility index (Phi) is 4.81. The zero-order chi connectivity index (χ0) is 14.7. The maximum atomic E-state index is 12.6. The standard InChI is InChI=1S/C17H26N2O/c1-12(2)10-13(3)19-14(4)18-16(17(19)20)11-15-8-6-5-7-9-15/h5-9,12-14,16,18H,10-11H2,1-4H3. The van der Waals surface area contributed by atoms with Crippen molar-refractivity contribution in [1.82, 2.24) is 10.2 Å². The minimum atomic E-state index is -0.0815. The number of nitrogens with zero attached hydrogens (tertiary/aromatic N) is 1. The van der Waals surface area contributed by atoms with Gasteiger partial charge in [0.1, 0.15) is 0 Å². The summed E-state index contributed by atoms with van der Waals surface area (Å²) in [5, 5.41) is 3.43. The molecule has 0 radical (unpaired) electrons. The lowest BCUT2D eigenvalue weighted by Gasteiger charge is -2.29. The van der Waals surface area contributed by atoms with E-state index in [2.05, 4.69) is 45.1 Å². The third-order valence-electron chi connectivity index (χ3n) is 3.98. The van der Waals surface area contributed by atoms with Crippen LogP contribution in [0.2, 0.25) is 0 Å². The summed E-state index contributed by atoms with van der Waals surface area (Å²) in [6, 6.07) is 10.4. The Labute approximate surface area is 122 Å². The van der Waals surface area contributed by atoms with Crippen LogP contribution in [0.4, 0.5) is 0 Å². The first-order valence-corrected chi connectivity index (χ1v) is 7.61. The van der Waals surface area contributed by atoms with Gasteiger partial charge in [-0.05, 0) is 38.2 Å². The molecule has 0 aromatic heterocycles. The molecule has 110 valence electrons. The largest absolute Gasteiger partial charge is 0.323 e. The number of hydrogen-bond donors (Lipinski definition) is 1. The molecule has 0 spiro atoms. The van der Waals surface area contributed by atoms with Crippen molar-refractivity contribution >= 4 is 5.91 Å². The fourth-order valence-corrected chi connectivity index (χ4v) is 3.20. The summed E-state index contributed by atoms with van der Waals surface area (Å²) in [4.78, 5) is 14.6. The lowest BCUT2D eigenvalue weighted by Crippen LogP contribution is -2.42. The third kappa shape index (κ3) is 3.40. The second kappa shape index (κ2) is 6.40. The monoisotopic (exact) mass is 274 g/mol. The fourth-order valence-electron chi connectivity index (χ4n) is 3.20. The molecule has 1 aromatic carbocycles. The fraction of sp³-hybridized carbons (Fsp3) is 0.588. The molecule has 0 bridgehead atoms. The number of rotatable bonds is 5. The molecule has 1 aliphatic heterocycles. The SMILES string of the molecule is CC(C)CC(C)N1C(=O)C(Cc2ccccc2)NC1C. The Bertz CT molecular complexity index is 444. The van der Waals surface area contributed by atoms with Crippen LogP contribution in [0, 0.1) is 5.92 Å². The van der Waals surface area contributed by atoms with Crippen molar-refractivity contribution in [3.63, 3.8) is 0 Å². The van der Waals surface area contributed by atoms with Gasteiger partial charge < -0.3 is 4.90 Å². The molecule has 1 amide bonds. The summed E-state index contributed by atoms with van der Waals surface area (Å²) in [6.45, 7) is 8.65. The van der Waals surface area contributed by atoms with Gasteiger partial charge in [-0.1, -0.05) is 44.2 Å². The number of benzene rings is 1.